The maximum Gasteiger partial charge on any atom is 0.265 e. The van der Waals surface area contributed by atoms with E-state index < -0.39 is 10.0 Å². The van der Waals surface area contributed by atoms with Gasteiger partial charge in [0.1, 0.15) is 0 Å². The van der Waals surface area contributed by atoms with Gasteiger partial charge in [-0.05, 0) is 61.2 Å². The summed E-state index contributed by atoms with van der Waals surface area (Å²) in [6, 6.07) is 22.7. The summed E-state index contributed by atoms with van der Waals surface area (Å²) in [4.78, 5) is 13.3. The van der Waals surface area contributed by atoms with E-state index in [2.05, 4.69) is 5.32 Å². The average molecular weight is 465 g/mol. The molecule has 0 aliphatic carbocycles. The Morgan fingerprint density at radius 3 is 2.16 bits per heavy atom. The second kappa shape index (κ2) is 8.76. The quantitative estimate of drug-likeness (QED) is 0.396. The molecule has 1 amide bonds. The van der Waals surface area contributed by atoms with Crippen LogP contribution in [-0.2, 0) is 16.6 Å². The van der Waals surface area contributed by atoms with Crippen LogP contribution >= 0.6 is 11.3 Å². The standard InChI is InChI=1S/C25H24N2O3S2/c1-17-4-8-19(9-5-17)16-27(32(3,29)30)22-12-13-23-20(14-22)15-24(31-23)25(28)26-21-10-6-18(2)7-11-21/h4-15H,16H2,1-3H3,(H,26,28). The molecule has 4 aromatic rings. The van der Waals surface area contributed by atoms with E-state index in [0.29, 0.717) is 10.6 Å². The summed E-state index contributed by atoms with van der Waals surface area (Å²) in [5.74, 6) is -0.184. The maximum atomic E-state index is 12.7. The fourth-order valence-corrected chi connectivity index (χ4v) is 5.21. The van der Waals surface area contributed by atoms with Crippen LogP contribution < -0.4 is 9.62 Å². The van der Waals surface area contributed by atoms with Gasteiger partial charge in [0.05, 0.1) is 23.4 Å². The molecule has 0 aliphatic rings. The molecular weight excluding hydrogens is 440 g/mol. The number of nitrogens with zero attached hydrogens (tertiary/aromatic N) is 1. The monoisotopic (exact) mass is 464 g/mol. The van der Waals surface area contributed by atoms with Crippen LogP contribution in [0.3, 0.4) is 0 Å². The number of fused-ring (bicyclic) bond motifs is 1. The molecule has 0 bridgehead atoms. The Kier molecular flexibility index (Phi) is 6.04. The first-order valence-electron chi connectivity index (χ1n) is 10.1. The molecule has 0 spiro atoms. The SMILES string of the molecule is Cc1ccc(CN(c2ccc3sc(C(=O)Nc4ccc(C)cc4)cc3c2)S(C)(=O)=O)cc1. The molecule has 1 N–H and O–H groups in total. The highest BCUT2D eigenvalue weighted by Crippen LogP contribution is 2.31. The second-order valence-corrected chi connectivity index (χ2v) is 10.9. The van der Waals surface area contributed by atoms with Gasteiger partial charge >= 0.3 is 0 Å². The molecule has 0 aliphatic heterocycles. The molecule has 1 heterocycles. The molecule has 32 heavy (non-hydrogen) atoms. The Labute approximate surface area is 192 Å². The number of thiophene rings is 1. The Morgan fingerprint density at radius 2 is 1.53 bits per heavy atom. The molecule has 0 saturated carbocycles. The van der Waals surface area contributed by atoms with Crippen molar-refractivity contribution in [2.75, 3.05) is 15.9 Å². The van der Waals surface area contributed by atoms with E-state index >= 15 is 0 Å². The average Bonchev–Trinajstić information content (AvgIpc) is 3.17. The van der Waals surface area contributed by atoms with E-state index in [-0.39, 0.29) is 12.5 Å². The van der Waals surface area contributed by atoms with Gasteiger partial charge in [-0.15, -0.1) is 11.3 Å². The number of hydrogen-bond acceptors (Lipinski definition) is 4. The highest BCUT2D eigenvalue weighted by molar-refractivity contribution is 7.92. The van der Waals surface area contributed by atoms with Crippen LogP contribution in [0.1, 0.15) is 26.4 Å². The van der Waals surface area contributed by atoms with Crippen molar-refractivity contribution in [1.29, 1.82) is 0 Å². The Hall–Kier alpha value is -3.16. The van der Waals surface area contributed by atoms with Crippen molar-refractivity contribution < 1.29 is 13.2 Å². The molecule has 0 fully saturated rings. The fraction of sp³-hybridized carbons (Fsp3) is 0.160. The topological polar surface area (TPSA) is 66.5 Å². The lowest BCUT2D eigenvalue weighted by atomic mass is 10.1. The normalized spacial score (nSPS) is 11.5. The summed E-state index contributed by atoms with van der Waals surface area (Å²) in [6.45, 7) is 4.23. The summed E-state index contributed by atoms with van der Waals surface area (Å²) in [7, 11) is -3.49. The Balaban J connectivity index is 1.62. The van der Waals surface area contributed by atoms with Crippen LogP contribution in [0.25, 0.3) is 10.1 Å². The van der Waals surface area contributed by atoms with Gasteiger partial charge in [-0.3, -0.25) is 9.10 Å². The van der Waals surface area contributed by atoms with Crippen molar-refractivity contribution in [3.63, 3.8) is 0 Å². The number of carbonyl (C=O) groups is 1. The number of amides is 1. The molecule has 5 nitrogen and oxygen atoms in total. The van der Waals surface area contributed by atoms with Crippen LogP contribution in [0.4, 0.5) is 11.4 Å². The Bertz CT molecular complexity index is 1370. The molecule has 0 unspecified atom stereocenters. The van der Waals surface area contributed by atoms with Gasteiger partial charge in [0, 0.05) is 10.4 Å². The number of benzene rings is 3. The van der Waals surface area contributed by atoms with Crippen LogP contribution in [0, 0.1) is 13.8 Å². The van der Waals surface area contributed by atoms with Crippen molar-refractivity contribution in [3.8, 4) is 0 Å². The van der Waals surface area contributed by atoms with Gasteiger partial charge in [-0.25, -0.2) is 8.42 Å². The van der Waals surface area contributed by atoms with E-state index in [1.165, 1.54) is 21.9 Å². The maximum absolute atomic E-state index is 12.7. The third-order valence-electron chi connectivity index (χ3n) is 5.17. The van der Waals surface area contributed by atoms with Gasteiger partial charge in [-0.1, -0.05) is 47.5 Å². The minimum absolute atomic E-state index is 0.184. The summed E-state index contributed by atoms with van der Waals surface area (Å²) < 4.78 is 27.4. The fourth-order valence-electron chi connectivity index (χ4n) is 3.39. The van der Waals surface area contributed by atoms with Crippen molar-refractivity contribution in [3.05, 3.63) is 94.4 Å². The summed E-state index contributed by atoms with van der Waals surface area (Å²) in [6.07, 6.45) is 1.21. The number of anilines is 2. The van der Waals surface area contributed by atoms with Gasteiger partial charge in [0.2, 0.25) is 10.0 Å². The highest BCUT2D eigenvalue weighted by Gasteiger charge is 2.19. The molecular formula is C25H24N2O3S2. The number of nitrogens with one attached hydrogen (secondary N) is 1. The number of aryl methyl sites for hydroxylation is 2. The summed E-state index contributed by atoms with van der Waals surface area (Å²) >= 11 is 1.38. The van der Waals surface area contributed by atoms with Crippen LogP contribution in [-0.4, -0.2) is 20.6 Å². The predicted molar refractivity (Wildman–Crippen MR) is 133 cm³/mol. The van der Waals surface area contributed by atoms with Crippen LogP contribution in [0.5, 0.6) is 0 Å². The zero-order valence-corrected chi connectivity index (χ0v) is 19.8. The lowest BCUT2D eigenvalue weighted by molar-refractivity contribution is 0.103. The number of rotatable bonds is 6. The number of carbonyl (C=O) groups excluding carboxylic acids is 1. The van der Waals surface area contributed by atoms with Gasteiger partial charge < -0.3 is 5.32 Å². The van der Waals surface area contributed by atoms with Crippen LogP contribution in [0.2, 0.25) is 0 Å². The lowest BCUT2D eigenvalue weighted by Gasteiger charge is -2.22. The second-order valence-electron chi connectivity index (χ2n) is 7.91. The van der Waals surface area contributed by atoms with E-state index in [1.807, 2.05) is 74.5 Å². The van der Waals surface area contributed by atoms with Gasteiger partial charge in [0.25, 0.3) is 5.91 Å². The van der Waals surface area contributed by atoms with Crippen molar-refractivity contribution in [1.82, 2.24) is 0 Å². The van der Waals surface area contributed by atoms with Crippen molar-refractivity contribution >= 4 is 48.7 Å². The van der Waals surface area contributed by atoms with E-state index in [1.54, 1.807) is 12.1 Å². The van der Waals surface area contributed by atoms with Gasteiger partial charge in [-0.2, -0.15) is 0 Å². The zero-order valence-electron chi connectivity index (χ0n) is 18.1. The minimum Gasteiger partial charge on any atom is -0.321 e. The van der Waals surface area contributed by atoms with Crippen LogP contribution in [0.15, 0.2) is 72.8 Å². The van der Waals surface area contributed by atoms with Gasteiger partial charge in [0.15, 0.2) is 0 Å². The van der Waals surface area contributed by atoms with E-state index in [0.717, 1.165) is 32.5 Å². The Morgan fingerprint density at radius 1 is 0.906 bits per heavy atom. The molecule has 0 radical (unpaired) electrons. The smallest absolute Gasteiger partial charge is 0.265 e. The molecule has 3 aromatic carbocycles. The lowest BCUT2D eigenvalue weighted by Crippen LogP contribution is -2.29. The third-order valence-corrected chi connectivity index (χ3v) is 7.42. The summed E-state index contributed by atoms with van der Waals surface area (Å²) in [5, 5.41) is 3.74. The largest absolute Gasteiger partial charge is 0.321 e. The first kappa shape index (κ1) is 22.0. The van der Waals surface area contributed by atoms with E-state index in [4.69, 9.17) is 0 Å². The zero-order chi connectivity index (χ0) is 22.9. The number of hydrogen-bond donors (Lipinski definition) is 1. The first-order valence-corrected chi connectivity index (χ1v) is 12.8. The molecule has 164 valence electrons. The predicted octanol–water partition coefficient (Wildman–Crippen LogP) is 5.74. The first-order chi connectivity index (χ1) is 15.2. The molecule has 0 saturated heterocycles. The summed E-state index contributed by atoms with van der Waals surface area (Å²) in [5.41, 5.74) is 4.46. The van der Waals surface area contributed by atoms with Crippen molar-refractivity contribution in [2.24, 2.45) is 0 Å². The molecule has 4 rings (SSSR count). The van der Waals surface area contributed by atoms with Crippen molar-refractivity contribution in [2.45, 2.75) is 20.4 Å². The highest BCUT2D eigenvalue weighted by atomic mass is 32.2. The van der Waals surface area contributed by atoms with E-state index in [9.17, 15) is 13.2 Å². The molecule has 7 heteroatoms. The minimum atomic E-state index is -3.49. The third kappa shape index (κ3) is 5.00. The molecule has 0 atom stereocenters. The number of sulfonamides is 1. The molecule has 1 aromatic heterocycles.